The van der Waals surface area contributed by atoms with Crippen LogP contribution in [-0.2, 0) is 9.53 Å². The minimum Gasteiger partial charge on any atom is -0.452 e. The molecule has 0 bridgehead atoms. The van der Waals surface area contributed by atoms with Gasteiger partial charge in [0.1, 0.15) is 12.2 Å². The molecule has 0 spiro atoms. The molecular formula is C20H19NO4. The van der Waals surface area contributed by atoms with Crippen molar-refractivity contribution in [1.82, 2.24) is 0 Å². The van der Waals surface area contributed by atoms with Crippen LogP contribution >= 0.6 is 0 Å². The molecule has 128 valence electrons. The molecule has 1 N–H and O–H groups in total. The molecule has 0 atom stereocenters. The van der Waals surface area contributed by atoms with E-state index in [4.69, 9.17) is 9.15 Å². The molecule has 0 aliphatic rings. The lowest BCUT2D eigenvalue weighted by atomic mass is 10.0. The molecule has 0 saturated carbocycles. The van der Waals surface area contributed by atoms with E-state index in [1.54, 1.807) is 24.3 Å². The van der Waals surface area contributed by atoms with E-state index in [2.05, 4.69) is 5.32 Å². The maximum Gasteiger partial charge on any atom is 0.250 e. The number of ketones is 1. The molecular weight excluding hydrogens is 318 g/mol. The molecule has 0 saturated heterocycles. The molecule has 2 aromatic carbocycles. The van der Waals surface area contributed by atoms with Gasteiger partial charge in [-0.05, 0) is 26.0 Å². The van der Waals surface area contributed by atoms with E-state index >= 15 is 0 Å². The van der Waals surface area contributed by atoms with E-state index in [1.807, 2.05) is 32.0 Å². The maximum atomic E-state index is 12.7. The molecule has 25 heavy (non-hydrogen) atoms. The monoisotopic (exact) mass is 337 g/mol. The van der Waals surface area contributed by atoms with Crippen LogP contribution in [0.2, 0.25) is 0 Å². The van der Waals surface area contributed by atoms with E-state index in [0.717, 1.165) is 16.5 Å². The number of rotatable bonds is 5. The van der Waals surface area contributed by atoms with Crippen molar-refractivity contribution in [2.75, 3.05) is 19.0 Å². The van der Waals surface area contributed by atoms with Gasteiger partial charge in [0.05, 0.1) is 0 Å². The molecule has 1 aromatic heterocycles. The highest BCUT2D eigenvalue weighted by Gasteiger charge is 2.19. The SMILES string of the molecule is COCC(=O)Nc1ccc2c(C)c(C(=O)c3ccc(C)cc3)oc2c1. The van der Waals surface area contributed by atoms with E-state index in [-0.39, 0.29) is 18.3 Å². The van der Waals surface area contributed by atoms with Gasteiger partial charge in [0.25, 0.3) is 0 Å². The summed E-state index contributed by atoms with van der Waals surface area (Å²) < 4.78 is 10.6. The lowest BCUT2D eigenvalue weighted by molar-refractivity contribution is -0.119. The van der Waals surface area contributed by atoms with Crippen molar-refractivity contribution in [1.29, 1.82) is 0 Å². The number of anilines is 1. The number of carbonyl (C=O) groups is 2. The van der Waals surface area contributed by atoms with Gasteiger partial charge < -0.3 is 14.5 Å². The number of ether oxygens (including phenoxy) is 1. The minimum atomic E-state index is -0.249. The van der Waals surface area contributed by atoms with Crippen molar-refractivity contribution >= 4 is 28.3 Å². The molecule has 0 aliphatic heterocycles. The van der Waals surface area contributed by atoms with Gasteiger partial charge in [-0.25, -0.2) is 0 Å². The topological polar surface area (TPSA) is 68.5 Å². The Balaban J connectivity index is 1.94. The number of fused-ring (bicyclic) bond motifs is 1. The van der Waals surface area contributed by atoms with Crippen LogP contribution < -0.4 is 5.32 Å². The summed E-state index contributed by atoms with van der Waals surface area (Å²) in [5, 5.41) is 3.57. The molecule has 3 aromatic rings. The first-order valence-electron chi connectivity index (χ1n) is 7.93. The Kier molecular flexibility index (Phi) is 4.67. The van der Waals surface area contributed by atoms with Gasteiger partial charge in [-0.3, -0.25) is 9.59 Å². The van der Waals surface area contributed by atoms with Gasteiger partial charge in [0, 0.05) is 35.4 Å². The van der Waals surface area contributed by atoms with Crippen molar-refractivity contribution in [3.63, 3.8) is 0 Å². The summed E-state index contributed by atoms with van der Waals surface area (Å²) in [7, 11) is 1.46. The number of aryl methyl sites for hydroxylation is 2. The molecule has 0 radical (unpaired) electrons. The molecule has 0 aliphatic carbocycles. The van der Waals surface area contributed by atoms with E-state index in [1.165, 1.54) is 7.11 Å². The first kappa shape index (κ1) is 16.9. The molecule has 1 amide bonds. The standard InChI is InChI=1S/C20H19NO4/c1-12-4-6-14(7-5-12)19(23)20-13(2)16-9-8-15(10-17(16)25-20)21-18(22)11-24-3/h4-10H,11H2,1-3H3,(H,21,22). The summed E-state index contributed by atoms with van der Waals surface area (Å²) in [6.45, 7) is 3.81. The van der Waals surface area contributed by atoms with Crippen LogP contribution in [0.5, 0.6) is 0 Å². The normalized spacial score (nSPS) is 10.8. The van der Waals surface area contributed by atoms with Crippen LogP contribution in [0.4, 0.5) is 5.69 Å². The second-order valence-electron chi connectivity index (χ2n) is 5.94. The highest BCUT2D eigenvalue weighted by atomic mass is 16.5. The quantitative estimate of drug-likeness (QED) is 0.718. The summed E-state index contributed by atoms with van der Waals surface area (Å²) in [5.74, 6) is -0.0843. The predicted molar refractivity (Wildman–Crippen MR) is 96.1 cm³/mol. The summed E-state index contributed by atoms with van der Waals surface area (Å²) in [6.07, 6.45) is 0. The van der Waals surface area contributed by atoms with E-state index in [0.29, 0.717) is 22.6 Å². The smallest absolute Gasteiger partial charge is 0.250 e. The van der Waals surface area contributed by atoms with Crippen molar-refractivity contribution in [3.05, 3.63) is 64.9 Å². The fourth-order valence-corrected chi connectivity index (χ4v) is 2.68. The first-order chi connectivity index (χ1) is 12.0. The molecule has 5 heteroatoms. The lowest BCUT2D eigenvalue weighted by Crippen LogP contribution is -2.16. The van der Waals surface area contributed by atoms with Crippen molar-refractivity contribution in [3.8, 4) is 0 Å². The number of benzene rings is 2. The number of furan rings is 1. The second-order valence-corrected chi connectivity index (χ2v) is 5.94. The van der Waals surface area contributed by atoms with Gasteiger partial charge in [-0.15, -0.1) is 0 Å². The van der Waals surface area contributed by atoms with Crippen molar-refractivity contribution in [2.45, 2.75) is 13.8 Å². The number of amides is 1. The maximum absolute atomic E-state index is 12.7. The third-order valence-electron chi connectivity index (χ3n) is 4.02. The highest BCUT2D eigenvalue weighted by molar-refractivity contribution is 6.10. The molecule has 1 heterocycles. The van der Waals surface area contributed by atoms with Crippen LogP contribution in [0.25, 0.3) is 11.0 Å². The Morgan fingerprint density at radius 3 is 2.48 bits per heavy atom. The second kappa shape index (κ2) is 6.91. The summed E-state index contributed by atoms with van der Waals surface area (Å²) in [4.78, 5) is 24.3. The Hall–Kier alpha value is -2.92. The van der Waals surface area contributed by atoms with Crippen LogP contribution in [-0.4, -0.2) is 25.4 Å². The zero-order valence-electron chi connectivity index (χ0n) is 14.4. The van der Waals surface area contributed by atoms with Crippen LogP contribution in [0, 0.1) is 13.8 Å². The minimum absolute atomic E-state index is 0.0214. The van der Waals surface area contributed by atoms with Crippen LogP contribution in [0.3, 0.4) is 0 Å². The number of nitrogens with one attached hydrogen (secondary N) is 1. The van der Waals surface area contributed by atoms with Crippen LogP contribution in [0.1, 0.15) is 27.2 Å². The van der Waals surface area contributed by atoms with Gasteiger partial charge in [0.15, 0.2) is 5.76 Å². The van der Waals surface area contributed by atoms with Crippen molar-refractivity contribution in [2.24, 2.45) is 0 Å². The molecule has 0 fully saturated rings. The Morgan fingerprint density at radius 1 is 1.08 bits per heavy atom. The van der Waals surface area contributed by atoms with E-state index in [9.17, 15) is 9.59 Å². The Bertz CT molecular complexity index is 938. The number of hydrogen-bond acceptors (Lipinski definition) is 4. The lowest BCUT2D eigenvalue weighted by Gasteiger charge is -2.03. The molecule has 3 rings (SSSR count). The largest absolute Gasteiger partial charge is 0.452 e. The fraction of sp³-hybridized carbons (Fsp3) is 0.200. The van der Waals surface area contributed by atoms with Gasteiger partial charge in [-0.1, -0.05) is 29.8 Å². The van der Waals surface area contributed by atoms with Gasteiger partial charge >= 0.3 is 0 Å². The number of carbonyl (C=O) groups excluding carboxylic acids is 2. The zero-order chi connectivity index (χ0) is 18.0. The third-order valence-corrected chi connectivity index (χ3v) is 4.02. The Labute approximate surface area is 145 Å². The third kappa shape index (κ3) is 3.46. The molecule has 0 unspecified atom stereocenters. The molecule has 5 nitrogen and oxygen atoms in total. The summed E-state index contributed by atoms with van der Waals surface area (Å²) in [6, 6.07) is 12.7. The van der Waals surface area contributed by atoms with Gasteiger partial charge in [0.2, 0.25) is 11.7 Å². The highest BCUT2D eigenvalue weighted by Crippen LogP contribution is 2.29. The number of hydrogen-bond donors (Lipinski definition) is 1. The van der Waals surface area contributed by atoms with Crippen LogP contribution in [0.15, 0.2) is 46.9 Å². The summed E-state index contributed by atoms with van der Waals surface area (Å²) >= 11 is 0. The predicted octanol–water partition coefficient (Wildman–Crippen LogP) is 3.87. The summed E-state index contributed by atoms with van der Waals surface area (Å²) in [5.41, 5.74) is 3.62. The number of methoxy groups -OCH3 is 1. The van der Waals surface area contributed by atoms with Crippen molar-refractivity contribution < 1.29 is 18.7 Å². The first-order valence-corrected chi connectivity index (χ1v) is 7.93. The van der Waals surface area contributed by atoms with Gasteiger partial charge in [-0.2, -0.15) is 0 Å². The average molecular weight is 337 g/mol. The Morgan fingerprint density at radius 2 is 1.80 bits per heavy atom. The average Bonchev–Trinajstić information content (AvgIpc) is 2.91. The van der Waals surface area contributed by atoms with E-state index < -0.39 is 0 Å². The fourth-order valence-electron chi connectivity index (χ4n) is 2.68. The zero-order valence-corrected chi connectivity index (χ0v) is 14.4.